The van der Waals surface area contributed by atoms with Crippen molar-refractivity contribution in [3.05, 3.63) is 30.1 Å². The smallest absolute Gasteiger partial charge is 0.191 e. The summed E-state index contributed by atoms with van der Waals surface area (Å²) >= 11 is 0. The number of hydrogen-bond acceptors (Lipinski definition) is 5. The summed E-state index contributed by atoms with van der Waals surface area (Å²) < 4.78 is 5.19. The van der Waals surface area contributed by atoms with E-state index in [0.717, 1.165) is 29.6 Å². The number of methoxy groups -OCH3 is 1. The molecule has 1 aromatic carbocycles. The van der Waals surface area contributed by atoms with Gasteiger partial charge in [0, 0.05) is 24.7 Å². The van der Waals surface area contributed by atoms with Crippen LogP contribution in [0.25, 0.3) is 11.4 Å². The molecule has 0 saturated carbocycles. The molecular formula is C21H34IN7O. The first-order valence-corrected chi connectivity index (χ1v) is 10.3. The van der Waals surface area contributed by atoms with E-state index in [1.165, 1.54) is 32.4 Å². The average Bonchev–Trinajstić information content (AvgIpc) is 3.23. The second kappa shape index (κ2) is 11.5. The van der Waals surface area contributed by atoms with Crippen molar-refractivity contribution in [3.8, 4) is 17.1 Å². The monoisotopic (exact) mass is 527 g/mol. The van der Waals surface area contributed by atoms with Crippen LogP contribution < -0.4 is 15.4 Å². The Morgan fingerprint density at radius 1 is 1.17 bits per heavy atom. The quantitative estimate of drug-likeness (QED) is 0.292. The van der Waals surface area contributed by atoms with Crippen molar-refractivity contribution in [1.29, 1.82) is 0 Å². The molecule has 1 saturated heterocycles. The summed E-state index contributed by atoms with van der Waals surface area (Å²) in [4.78, 5) is 11.5. The van der Waals surface area contributed by atoms with Crippen molar-refractivity contribution in [1.82, 2.24) is 30.7 Å². The summed E-state index contributed by atoms with van der Waals surface area (Å²) in [5, 5.41) is 14.1. The number of ether oxygens (including phenoxy) is 1. The minimum atomic E-state index is 0. The van der Waals surface area contributed by atoms with Crippen LogP contribution in [0.2, 0.25) is 0 Å². The molecule has 1 aliphatic rings. The van der Waals surface area contributed by atoms with Gasteiger partial charge in [0.25, 0.3) is 0 Å². The Morgan fingerprint density at radius 3 is 2.50 bits per heavy atom. The van der Waals surface area contributed by atoms with Crippen molar-refractivity contribution in [2.45, 2.75) is 45.2 Å². The Bertz CT molecular complexity index is 798. The van der Waals surface area contributed by atoms with E-state index < -0.39 is 0 Å². The number of aliphatic imine (C=N–C) groups is 1. The van der Waals surface area contributed by atoms with Crippen LogP contribution in [0.4, 0.5) is 0 Å². The highest BCUT2D eigenvalue weighted by atomic mass is 127. The number of H-pyrrole nitrogens is 1. The number of benzene rings is 1. The number of aromatic amines is 1. The highest BCUT2D eigenvalue weighted by Crippen LogP contribution is 2.20. The molecule has 1 fully saturated rings. The third-order valence-electron chi connectivity index (χ3n) is 5.43. The molecule has 0 atom stereocenters. The van der Waals surface area contributed by atoms with Gasteiger partial charge in [0.15, 0.2) is 11.8 Å². The molecule has 166 valence electrons. The van der Waals surface area contributed by atoms with Gasteiger partial charge in [0.2, 0.25) is 0 Å². The molecule has 2 heterocycles. The maximum Gasteiger partial charge on any atom is 0.191 e. The van der Waals surface area contributed by atoms with Gasteiger partial charge in [0.05, 0.1) is 13.7 Å². The molecule has 0 bridgehead atoms. The second-order valence-electron chi connectivity index (χ2n) is 7.97. The van der Waals surface area contributed by atoms with E-state index in [-0.39, 0.29) is 29.5 Å². The van der Waals surface area contributed by atoms with Crippen molar-refractivity contribution < 1.29 is 4.74 Å². The molecule has 0 aliphatic carbocycles. The molecule has 9 heteroatoms. The normalized spacial score (nSPS) is 15.4. The lowest BCUT2D eigenvalue weighted by atomic mass is 9.98. The maximum atomic E-state index is 5.19. The molecule has 0 unspecified atom stereocenters. The Hall–Kier alpha value is -1.88. The molecule has 1 aromatic heterocycles. The van der Waals surface area contributed by atoms with Gasteiger partial charge >= 0.3 is 0 Å². The summed E-state index contributed by atoms with van der Waals surface area (Å²) in [7, 11) is 3.44. The van der Waals surface area contributed by atoms with E-state index >= 15 is 0 Å². The number of aromatic nitrogens is 3. The number of likely N-dealkylation sites (tertiary alicyclic amines) is 1. The van der Waals surface area contributed by atoms with Crippen molar-refractivity contribution in [3.63, 3.8) is 0 Å². The van der Waals surface area contributed by atoms with Gasteiger partial charge in [-0.2, -0.15) is 5.10 Å². The summed E-state index contributed by atoms with van der Waals surface area (Å²) in [5.41, 5.74) is 1.03. The minimum absolute atomic E-state index is 0. The van der Waals surface area contributed by atoms with Crippen LogP contribution in [0.5, 0.6) is 5.75 Å². The van der Waals surface area contributed by atoms with Crippen LogP contribution in [-0.4, -0.2) is 65.4 Å². The summed E-state index contributed by atoms with van der Waals surface area (Å²) in [6.45, 7) is 8.28. The number of nitrogens with one attached hydrogen (secondary N) is 3. The zero-order valence-electron chi connectivity index (χ0n) is 18.4. The largest absolute Gasteiger partial charge is 0.497 e. The summed E-state index contributed by atoms with van der Waals surface area (Å²) in [6.07, 6.45) is 3.93. The van der Waals surface area contributed by atoms with Crippen molar-refractivity contribution >= 4 is 29.9 Å². The van der Waals surface area contributed by atoms with E-state index in [9.17, 15) is 0 Å². The first-order chi connectivity index (χ1) is 14.0. The molecule has 3 rings (SSSR count). The average molecular weight is 527 g/mol. The van der Waals surface area contributed by atoms with Crippen molar-refractivity contribution in [2.75, 3.05) is 33.8 Å². The van der Waals surface area contributed by atoms with Gasteiger partial charge in [-0.1, -0.05) is 6.42 Å². The number of guanidine groups is 1. The van der Waals surface area contributed by atoms with E-state index in [4.69, 9.17) is 4.74 Å². The minimum Gasteiger partial charge on any atom is -0.497 e. The number of hydrogen-bond donors (Lipinski definition) is 3. The standard InChI is InChI=1S/C21H33N7O.HI/c1-21(2,28-12-6-5-7-13-28)15-24-20(22-3)23-14-18-25-19(27-26-18)16-8-10-17(29-4)11-9-16;/h8-11H,5-7,12-15H2,1-4H3,(H2,22,23,24)(H,25,26,27);1H. The SMILES string of the molecule is CN=C(NCc1nc(-c2ccc(OC)cc2)n[nH]1)NCC(C)(C)N1CCCCC1.I. The Kier molecular flexibility index (Phi) is 9.35. The van der Waals surface area contributed by atoms with Crippen LogP contribution in [0, 0.1) is 0 Å². The predicted octanol–water partition coefficient (Wildman–Crippen LogP) is 3.03. The maximum absolute atomic E-state index is 5.19. The molecule has 8 nitrogen and oxygen atoms in total. The van der Waals surface area contributed by atoms with E-state index in [0.29, 0.717) is 12.4 Å². The molecule has 0 radical (unpaired) electrons. The fourth-order valence-corrected chi connectivity index (χ4v) is 3.54. The number of rotatable bonds is 7. The first-order valence-electron chi connectivity index (χ1n) is 10.3. The lowest BCUT2D eigenvalue weighted by Gasteiger charge is -2.41. The molecular weight excluding hydrogens is 493 g/mol. The number of piperidine rings is 1. The fraction of sp³-hybridized carbons (Fsp3) is 0.571. The Balaban J connectivity index is 0.00000320. The number of halogens is 1. The van der Waals surface area contributed by atoms with Crippen LogP contribution in [0.15, 0.2) is 29.3 Å². The lowest BCUT2D eigenvalue weighted by Crippen LogP contribution is -2.54. The lowest BCUT2D eigenvalue weighted by molar-refractivity contribution is 0.0982. The third-order valence-corrected chi connectivity index (χ3v) is 5.43. The van der Waals surface area contributed by atoms with Gasteiger partial charge in [-0.25, -0.2) is 4.98 Å². The van der Waals surface area contributed by atoms with Gasteiger partial charge in [-0.05, 0) is 64.0 Å². The predicted molar refractivity (Wildman–Crippen MR) is 131 cm³/mol. The summed E-state index contributed by atoms with van der Waals surface area (Å²) in [5.74, 6) is 3.00. The summed E-state index contributed by atoms with van der Waals surface area (Å²) in [6, 6.07) is 7.70. The van der Waals surface area contributed by atoms with E-state index in [2.05, 4.69) is 49.6 Å². The molecule has 2 aromatic rings. The zero-order valence-corrected chi connectivity index (χ0v) is 20.7. The van der Waals surface area contributed by atoms with Gasteiger partial charge in [-0.3, -0.25) is 15.0 Å². The second-order valence-corrected chi connectivity index (χ2v) is 7.97. The highest BCUT2D eigenvalue weighted by Gasteiger charge is 2.27. The molecule has 0 amide bonds. The molecule has 30 heavy (non-hydrogen) atoms. The fourth-order valence-electron chi connectivity index (χ4n) is 3.54. The molecule has 1 aliphatic heterocycles. The Morgan fingerprint density at radius 2 is 1.87 bits per heavy atom. The number of nitrogens with zero attached hydrogens (tertiary/aromatic N) is 4. The zero-order chi connectivity index (χ0) is 20.7. The van der Waals surface area contributed by atoms with Gasteiger partial charge in [0.1, 0.15) is 11.6 Å². The van der Waals surface area contributed by atoms with Gasteiger partial charge in [-0.15, -0.1) is 24.0 Å². The van der Waals surface area contributed by atoms with Gasteiger partial charge < -0.3 is 15.4 Å². The van der Waals surface area contributed by atoms with Crippen LogP contribution in [0.1, 0.15) is 38.9 Å². The Labute approximate surface area is 196 Å². The van der Waals surface area contributed by atoms with Crippen LogP contribution in [-0.2, 0) is 6.54 Å². The first kappa shape index (κ1) is 24.4. The highest BCUT2D eigenvalue weighted by molar-refractivity contribution is 14.0. The van der Waals surface area contributed by atoms with Crippen molar-refractivity contribution in [2.24, 2.45) is 4.99 Å². The van der Waals surface area contributed by atoms with E-state index in [1.807, 2.05) is 24.3 Å². The van der Waals surface area contributed by atoms with E-state index in [1.54, 1.807) is 14.2 Å². The topological polar surface area (TPSA) is 90.5 Å². The van der Waals surface area contributed by atoms with Crippen LogP contribution in [0.3, 0.4) is 0 Å². The molecule has 3 N–H and O–H groups in total. The van der Waals surface area contributed by atoms with Crippen LogP contribution >= 0.6 is 24.0 Å². The molecule has 0 spiro atoms. The third kappa shape index (κ3) is 6.56.